The highest BCUT2D eigenvalue weighted by atomic mass is 35.5. The number of nitrogens with one attached hydrogen (secondary N) is 1. The molecule has 2 unspecified atom stereocenters. The molecule has 0 aliphatic carbocycles. The number of nitrogens with zero attached hydrogens (tertiary/aromatic N) is 3. The number of halogens is 1. The van der Waals surface area contributed by atoms with Crippen LogP contribution in [0.3, 0.4) is 0 Å². The van der Waals surface area contributed by atoms with Gasteiger partial charge in [-0.1, -0.05) is 18.5 Å². The Hall–Kier alpha value is -2.58. The summed E-state index contributed by atoms with van der Waals surface area (Å²) in [5.41, 5.74) is 2.57. The molecule has 8 nitrogen and oxygen atoms in total. The highest BCUT2D eigenvalue weighted by molar-refractivity contribution is 6.31. The molecule has 0 radical (unpaired) electrons. The fourth-order valence-electron chi connectivity index (χ4n) is 4.52. The van der Waals surface area contributed by atoms with E-state index in [1.54, 1.807) is 18.3 Å². The number of aromatic nitrogens is 2. The van der Waals surface area contributed by atoms with Gasteiger partial charge in [-0.3, -0.25) is 9.59 Å². The minimum atomic E-state index is -0.281. The van der Waals surface area contributed by atoms with E-state index in [-0.39, 0.29) is 23.9 Å². The van der Waals surface area contributed by atoms with Crippen LogP contribution in [0.1, 0.15) is 71.3 Å². The van der Waals surface area contributed by atoms with Gasteiger partial charge in [0.25, 0.3) is 11.8 Å². The molecule has 2 aromatic heterocycles. The first-order valence-electron chi connectivity index (χ1n) is 11.1. The third-order valence-electron chi connectivity index (χ3n) is 6.32. The van der Waals surface area contributed by atoms with Crippen LogP contribution in [-0.4, -0.2) is 52.6 Å². The van der Waals surface area contributed by atoms with Crippen molar-refractivity contribution in [2.75, 3.05) is 20.3 Å². The molecule has 4 rings (SSSR count). The summed E-state index contributed by atoms with van der Waals surface area (Å²) in [5, 5.41) is 3.46. The van der Waals surface area contributed by atoms with Gasteiger partial charge < -0.3 is 24.3 Å². The van der Waals surface area contributed by atoms with Gasteiger partial charge >= 0.3 is 0 Å². The predicted molar refractivity (Wildman–Crippen MR) is 120 cm³/mol. The second-order valence-corrected chi connectivity index (χ2v) is 8.69. The van der Waals surface area contributed by atoms with Crippen molar-refractivity contribution in [3.05, 3.63) is 45.9 Å². The Morgan fingerprint density at radius 2 is 2.19 bits per heavy atom. The van der Waals surface area contributed by atoms with Crippen LogP contribution in [-0.2, 0) is 17.9 Å². The van der Waals surface area contributed by atoms with E-state index in [9.17, 15) is 9.59 Å². The molecule has 0 aromatic carbocycles. The number of amides is 2. The first kappa shape index (κ1) is 22.6. The zero-order valence-electron chi connectivity index (χ0n) is 18.7. The summed E-state index contributed by atoms with van der Waals surface area (Å²) < 4.78 is 12.7. The molecule has 1 N–H and O–H groups in total. The van der Waals surface area contributed by atoms with E-state index < -0.39 is 0 Å². The summed E-state index contributed by atoms with van der Waals surface area (Å²) in [6.45, 7) is 6.18. The topological polar surface area (TPSA) is 85.7 Å². The Morgan fingerprint density at radius 1 is 1.38 bits per heavy atom. The molecule has 0 bridgehead atoms. The lowest BCUT2D eigenvalue weighted by Crippen LogP contribution is -2.35. The Balaban J connectivity index is 1.61. The minimum absolute atomic E-state index is 0.0182. The molecule has 32 heavy (non-hydrogen) atoms. The van der Waals surface area contributed by atoms with Gasteiger partial charge in [0.15, 0.2) is 0 Å². The lowest BCUT2D eigenvalue weighted by molar-refractivity contribution is 0.0683. The predicted octanol–water partition coefficient (Wildman–Crippen LogP) is 3.58. The van der Waals surface area contributed by atoms with Gasteiger partial charge in [-0.15, -0.1) is 0 Å². The van der Waals surface area contributed by atoms with Crippen molar-refractivity contribution in [3.8, 4) is 5.88 Å². The van der Waals surface area contributed by atoms with Crippen LogP contribution >= 0.6 is 11.6 Å². The van der Waals surface area contributed by atoms with E-state index in [2.05, 4.69) is 17.2 Å². The first-order chi connectivity index (χ1) is 15.4. The zero-order chi connectivity index (χ0) is 22.8. The number of pyridine rings is 1. The summed E-state index contributed by atoms with van der Waals surface area (Å²) in [4.78, 5) is 32.7. The number of hydrogen-bond donors (Lipinski definition) is 1. The third-order valence-corrected chi connectivity index (χ3v) is 6.59. The molecule has 4 heterocycles. The maximum atomic E-state index is 13.3. The van der Waals surface area contributed by atoms with E-state index in [1.165, 1.54) is 7.11 Å². The maximum Gasteiger partial charge on any atom is 0.270 e. The quantitative estimate of drug-likeness (QED) is 0.712. The molecule has 2 aliphatic rings. The molecule has 2 aromatic rings. The highest BCUT2D eigenvalue weighted by Crippen LogP contribution is 2.28. The first-order valence-corrected chi connectivity index (χ1v) is 11.4. The van der Waals surface area contributed by atoms with Gasteiger partial charge in [0.1, 0.15) is 10.7 Å². The van der Waals surface area contributed by atoms with Gasteiger partial charge in [-0.05, 0) is 43.9 Å². The fourth-order valence-corrected chi connectivity index (χ4v) is 4.77. The van der Waals surface area contributed by atoms with Crippen molar-refractivity contribution in [1.82, 2.24) is 19.8 Å². The van der Waals surface area contributed by atoms with Crippen LogP contribution in [0.15, 0.2) is 18.3 Å². The molecular weight excluding hydrogens is 432 g/mol. The summed E-state index contributed by atoms with van der Waals surface area (Å²) in [7, 11) is 1.51. The van der Waals surface area contributed by atoms with Crippen molar-refractivity contribution in [3.63, 3.8) is 0 Å². The Morgan fingerprint density at radius 3 is 2.84 bits per heavy atom. The summed E-state index contributed by atoms with van der Waals surface area (Å²) >= 11 is 6.23. The second kappa shape index (κ2) is 9.50. The maximum absolute atomic E-state index is 13.3. The Bertz CT molecular complexity index is 1020. The average molecular weight is 461 g/mol. The number of rotatable bonds is 6. The van der Waals surface area contributed by atoms with Gasteiger partial charge in [-0.25, -0.2) is 4.98 Å². The van der Waals surface area contributed by atoms with Crippen LogP contribution in [0.5, 0.6) is 5.88 Å². The smallest absolute Gasteiger partial charge is 0.270 e. The fraction of sp³-hybridized carbons (Fsp3) is 0.522. The number of likely N-dealkylation sites (tertiary alicyclic amines) is 1. The van der Waals surface area contributed by atoms with Gasteiger partial charge in [0.05, 0.1) is 37.6 Å². The lowest BCUT2D eigenvalue weighted by atomic mass is 10.1. The number of carbonyl (C=O) groups excluding carboxylic acids is 2. The van der Waals surface area contributed by atoms with E-state index >= 15 is 0 Å². The van der Waals surface area contributed by atoms with Crippen molar-refractivity contribution in [2.24, 2.45) is 0 Å². The van der Waals surface area contributed by atoms with Crippen molar-refractivity contribution in [1.29, 1.82) is 0 Å². The highest BCUT2D eigenvalue weighted by Gasteiger charge is 2.32. The molecular formula is C23H29ClN4O4. The molecule has 0 spiro atoms. The van der Waals surface area contributed by atoms with Gasteiger partial charge in [0.2, 0.25) is 5.88 Å². The molecule has 9 heteroatoms. The monoisotopic (exact) mass is 460 g/mol. The second-order valence-electron chi connectivity index (χ2n) is 8.28. The molecule has 1 saturated heterocycles. The number of carbonyl (C=O) groups is 2. The molecule has 1 fully saturated rings. The molecule has 2 amide bonds. The Labute approximate surface area is 192 Å². The van der Waals surface area contributed by atoms with Gasteiger partial charge in [-0.2, -0.15) is 0 Å². The SMILES string of the molecule is CCC(NC(=O)c1cc(C(=O)N2CCCC2C)n2c1COCC2)c1cnc(OC)c(Cl)c1. The van der Waals surface area contributed by atoms with Crippen molar-refractivity contribution < 1.29 is 19.1 Å². The molecule has 0 saturated carbocycles. The summed E-state index contributed by atoms with van der Waals surface area (Å²) in [6.07, 6.45) is 4.32. The summed E-state index contributed by atoms with van der Waals surface area (Å²) in [5.74, 6) is 0.0801. The van der Waals surface area contributed by atoms with E-state index in [0.29, 0.717) is 48.3 Å². The summed E-state index contributed by atoms with van der Waals surface area (Å²) in [6, 6.07) is 3.40. The van der Waals surface area contributed by atoms with E-state index in [4.69, 9.17) is 21.1 Å². The average Bonchev–Trinajstić information content (AvgIpc) is 3.40. The minimum Gasteiger partial charge on any atom is -0.480 e. The number of hydrogen-bond acceptors (Lipinski definition) is 5. The molecule has 172 valence electrons. The van der Waals surface area contributed by atoms with Crippen LogP contribution < -0.4 is 10.1 Å². The van der Waals surface area contributed by atoms with Crippen LogP contribution in [0, 0.1) is 0 Å². The van der Waals surface area contributed by atoms with Crippen molar-refractivity contribution in [2.45, 2.75) is 58.3 Å². The zero-order valence-corrected chi connectivity index (χ0v) is 19.4. The third kappa shape index (κ3) is 4.21. The van der Waals surface area contributed by atoms with Crippen LogP contribution in [0.4, 0.5) is 0 Å². The van der Waals surface area contributed by atoms with E-state index in [1.807, 2.05) is 16.4 Å². The Kier molecular flexibility index (Phi) is 6.71. The number of methoxy groups -OCH3 is 1. The number of ether oxygens (including phenoxy) is 2. The van der Waals surface area contributed by atoms with Crippen LogP contribution in [0.2, 0.25) is 5.02 Å². The normalized spacial score (nSPS) is 18.9. The number of fused-ring (bicyclic) bond motifs is 1. The van der Waals surface area contributed by atoms with E-state index in [0.717, 1.165) is 30.6 Å². The lowest BCUT2D eigenvalue weighted by Gasteiger charge is -2.24. The largest absolute Gasteiger partial charge is 0.480 e. The van der Waals surface area contributed by atoms with Gasteiger partial charge in [0, 0.05) is 25.3 Å². The molecule has 2 atom stereocenters. The van der Waals surface area contributed by atoms with Crippen molar-refractivity contribution >= 4 is 23.4 Å². The van der Waals surface area contributed by atoms with Crippen LogP contribution in [0.25, 0.3) is 0 Å². The standard InChI is InChI=1S/C23H29ClN4O4/c1-4-18(15-10-17(24)22(31-3)25-12-15)26-21(29)16-11-19(28-8-9-32-13-20(16)28)23(30)27-7-5-6-14(27)2/h10-12,14,18H,4-9,13H2,1-3H3,(H,26,29). The molecule has 2 aliphatic heterocycles.